The lowest BCUT2D eigenvalue weighted by molar-refractivity contribution is -0.274. The van der Waals surface area contributed by atoms with Crippen LogP contribution >= 0.6 is 24.8 Å². The minimum Gasteiger partial charge on any atom is -0.496 e. The van der Waals surface area contributed by atoms with Gasteiger partial charge in [0.1, 0.15) is 11.5 Å². The van der Waals surface area contributed by atoms with Crippen LogP contribution in [-0.4, -0.2) is 44.6 Å². The second kappa shape index (κ2) is 11.5. The number of nitrogens with one attached hydrogen (secondary N) is 1. The molecule has 0 saturated carbocycles. The highest BCUT2D eigenvalue weighted by molar-refractivity contribution is 5.85. The Morgan fingerprint density at radius 1 is 1.27 bits per heavy atom. The lowest BCUT2D eigenvalue weighted by Gasteiger charge is -2.35. The number of alkyl halides is 3. The molecule has 0 radical (unpaired) electrons. The highest BCUT2D eigenvalue weighted by Crippen LogP contribution is 2.36. The Morgan fingerprint density at radius 2 is 1.92 bits per heavy atom. The third-order valence-electron chi connectivity index (χ3n) is 4.03. The first-order chi connectivity index (χ1) is 11.4. The minimum absolute atomic E-state index is 0. The number of ether oxygens (including phenoxy) is 2. The largest absolute Gasteiger partial charge is 0.573 e. The van der Waals surface area contributed by atoms with Crippen LogP contribution in [-0.2, 0) is 0 Å². The number of allylic oxidation sites excluding steroid dienone is 1. The average Bonchev–Trinajstić information content (AvgIpc) is 2.55. The van der Waals surface area contributed by atoms with E-state index in [1.807, 2.05) is 6.08 Å². The normalized spacial score (nSPS) is 16.0. The van der Waals surface area contributed by atoms with Crippen LogP contribution in [0.4, 0.5) is 13.2 Å². The standard InChI is InChI=1S/C17H23F3N2O2.2ClH/c1-3-4-5-15(22-10-8-21-9-11-22)14-7-6-13(12-16(14)23-2)24-17(18,19)20;;/h3,6-7,12,15,21H,1,4-5,8-11H2,2H3;2*1H/t15-;;/m1../s1. The molecule has 2 rings (SSSR count). The molecule has 9 heteroatoms. The Hall–Kier alpha value is -1.15. The summed E-state index contributed by atoms with van der Waals surface area (Å²) >= 11 is 0. The predicted octanol–water partition coefficient (Wildman–Crippen LogP) is 4.35. The number of halogens is 5. The summed E-state index contributed by atoms with van der Waals surface area (Å²) in [4.78, 5) is 2.32. The lowest BCUT2D eigenvalue weighted by Crippen LogP contribution is -2.45. The van der Waals surface area contributed by atoms with Gasteiger partial charge in [-0.05, 0) is 18.9 Å². The van der Waals surface area contributed by atoms with E-state index >= 15 is 0 Å². The van der Waals surface area contributed by atoms with Crippen molar-refractivity contribution in [1.82, 2.24) is 10.2 Å². The molecule has 150 valence electrons. The van der Waals surface area contributed by atoms with Crippen molar-refractivity contribution in [2.45, 2.75) is 25.2 Å². The molecule has 1 aromatic rings. The topological polar surface area (TPSA) is 33.7 Å². The Morgan fingerprint density at radius 3 is 2.46 bits per heavy atom. The van der Waals surface area contributed by atoms with Crippen LogP contribution in [0.2, 0.25) is 0 Å². The average molecular weight is 417 g/mol. The van der Waals surface area contributed by atoms with Crippen molar-refractivity contribution >= 4 is 24.8 Å². The molecule has 1 saturated heterocycles. The van der Waals surface area contributed by atoms with E-state index in [0.717, 1.165) is 44.6 Å². The number of nitrogens with zero attached hydrogens (tertiary/aromatic N) is 1. The monoisotopic (exact) mass is 416 g/mol. The third-order valence-corrected chi connectivity index (χ3v) is 4.03. The van der Waals surface area contributed by atoms with Crippen molar-refractivity contribution in [2.24, 2.45) is 0 Å². The number of hydrogen-bond acceptors (Lipinski definition) is 4. The second-order valence-electron chi connectivity index (χ2n) is 5.62. The van der Waals surface area contributed by atoms with Crippen molar-refractivity contribution in [1.29, 1.82) is 0 Å². The van der Waals surface area contributed by atoms with Gasteiger partial charge >= 0.3 is 6.36 Å². The predicted molar refractivity (Wildman–Crippen MR) is 101 cm³/mol. The first-order valence-corrected chi connectivity index (χ1v) is 7.94. The Balaban J connectivity index is 0.00000312. The van der Waals surface area contributed by atoms with E-state index in [1.54, 1.807) is 6.07 Å². The summed E-state index contributed by atoms with van der Waals surface area (Å²) < 4.78 is 46.5. The number of piperazine rings is 1. The molecule has 0 amide bonds. The molecule has 4 nitrogen and oxygen atoms in total. The number of benzene rings is 1. The molecular weight excluding hydrogens is 392 g/mol. The summed E-state index contributed by atoms with van der Waals surface area (Å²) in [5, 5.41) is 3.30. The number of hydrogen-bond donors (Lipinski definition) is 1. The van der Waals surface area contributed by atoms with Crippen LogP contribution in [0.15, 0.2) is 30.9 Å². The van der Waals surface area contributed by atoms with Gasteiger partial charge in [0.25, 0.3) is 0 Å². The van der Waals surface area contributed by atoms with Crippen LogP contribution in [0.3, 0.4) is 0 Å². The van der Waals surface area contributed by atoms with Crippen LogP contribution in [0, 0.1) is 0 Å². The van der Waals surface area contributed by atoms with Gasteiger partial charge < -0.3 is 14.8 Å². The molecule has 1 aliphatic heterocycles. The number of methoxy groups -OCH3 is 1. The molecule has 26 heavy (non-hydrogen) atoms. The molecule has 1 heterocycles. The Kier molecular flexibility index (Phi) is 11.0. The molecule has 1 fully saturated rings. The van der Waals surface area contributed by atoms with Crippen molar-refractivity contribution in [2.75, 3.05) is 33.3 Å². The number of rotatable bonds is 7. The van der Waals surface area contributed by atoms with Gasteiger partial charge in [0.2, 0.25) is 0 Å². The zero-order chi connectivity index (χ0) is 17.6. The van der Waals surface area contributed by atoms with Crippen LogP contribution in [0.1, 0.15) is 24.4 Å². The molecule has 0 aromatic heterocycles. The maximum Gasteiger partial charge on any atom is 0.573 e. The Labute approximate surface area is 164 Å². The van der Waals surface area contributed by atoms with Crippen LogP contribution in [0.5, 0.6) is 11.5 Å². The van der Waals surface area contributed by atoms with E-state index in [1.165, 1.54) is 19.2 Å². The van der Waals surface area contributed by atoms with Gasteiger partial charge in [0.15, 0.2) is 0 Å². The van der Waals surface area contributed by atoms with Gasteiger partial charge in [-0.1, -0.05) is 12.1 Å². The van der Waals surface area contributed by atoms with E-state index in [2.05, 4.69) is 21.5 Å². The van der Waals surface area contributed by atoms with Crippen LogP contribution in [0.25, 0.3) is 0 Å². The van der Waals surface area contributed by atoms with Gasteiger partial charge in [0, 0.05) is 43.9 Å². The fourth-order valence-electron chi connectivity index (χ4n) is 2.97. The van der Waals surface area contributed by atoms with Gasteiger partial charge in [-0.15, -0.1) is 44.6 Å². The van der Waals surface area contributed by atoms with Crippen molar-refractivity contribution in [3.63, 3.8) is 0 Å². The first-order valence-electron chi connectivity index (χ1n) is 7.94. The zero-order valence-corrected chi connectivity index (χ0v) is 16.2. The van der Waals surface area contributed by atoms with Gasteiger partial charge in [-0.3, -0.25) is 4.90 Å². The molecule has 0 bridgehead atoms. The fraction of sp³-hybridized carbons (Fsp3) is 0.529. The smallest absolute Gasteiger partial charge is 0.496 e. The highest BCUT2D eigenvalue weighted by Gasteiger charge is 2.32. The summed E-state index contributed by atoms with van der Waals surface area (Å²) in [5.41, 5.74) is 0.871. The fourth-order valence-corrected chi connectivity index (χ4v) is 2.97. The molecule has 1 atom stereocenters. The second-order valence-corrected chi connectivity index (χ2v) is 5.62. The molecule has 1 aromatic carbocycles. The maximum absolute atomic E-state index is 12.4. The lowest BCUT2D eigenvalue weighted by atomic mass is 9.98. The summed E-state index contributed by atoms with van der Waals surface area (Å²) in [6, 6.07) is 4.37. The van der Waals surface area contributed by atoms with Crippen molar-refractivity contribution in [3.05, 3.63) is 36.4 Å². The Bertz CT molecular complexity index is 553. The van der Waals surface area contributed by atoms with E-state index in [9.17, 15) is 13.2 Å². The van der Waals surface area contributed by atoms with E-state index < -0.39 is 6.36 Å². The molecule has 1 N–H and O–H groups in total. The van der Waals surface area contributed by atoms with Crippen LogP contribution < -0.4 is 14.8 Å². The highest BCUT2D eigenvalue weighted by atomic mass is 35.5. The zero-order valence-electron chi connectivity index (χ0n) is 14.6. The van der Waals surface area contributed by atoms with Crippen molar-refractivity contribution in [3.8, 4) is 11.5 Å². The summed E-state index contributed by atoms with van der Waals surface area (Å²) in [6.45, 7) is 7.30. The molecule has 0 aliphatic carbocycles. The van der Waals surface area contributed by atoms with Crippen molar-refractivity contribution < 1.29 is 22.6 Å². The molecule has 1 aliphatic rings. The summed E-state index contributed by atoms with van der Waals surface area (Å²) in [6.07, 6.45) is -1.21. The summed E-state index contributed by atoms with van der Waals surface area (Å²) in [5.74, 6) is 0.134. The van der Waals surface area contributed by atoms with E-state index in [-0.39, 0.29) is 36.6 Å². The van der Waals surface area contributed by atoms with Gasteiger partial charge in [0.05, 0.1) is 7.11 Å². The quantitative estimate of drug-likeness (QED) is 0.669. The van der Waals surface area contributed by atoms with Gasteiger partial charge in [-0.25, -0.2) is 0 Å². The van der Waals surface area contributed by atoms with E-state index in [4.69, 9.17) is 4.74 Å². The van der Waals surface area contributed by atoms with Gasteiger partial charge in [-0.2, -0.15) is 0 Å². The first kappa shape index (κ1) is 24.8. The minimum atomic E-state index is -4.71. The van der Waals surface area contributed by atoms with E-state index in [0.29, 0.717) is 5.75 Å². The third kappa shape index (κ3) is 7.23. The molecule has 0 spiro atoms. The SMILES string of the molecule is C=CCC[C@H](c1ccc(OC(F)(F)F)cc1OC)N1CCNCC1.Cl.Cl. The maximum atomic E-state index is 12.4. The summed E-state index contributed by atoms with van der Waals surface area (Å²) in [7, 11) is 1.46. The molecule has 0 unspecified atom stereocenters. The molecular formula is C17H25Cl2F3N2O2.